The Balaban J connectivity index is 1.81. The van der Waals surface area contributed by atoms with Crippen molar-refractivity contribution in [3.63, 3.8) is 0 Å². The first kappa shape index (κ1) is 23.9. The molecule has 0 saturated carbocycles. The maximum absolute atomic E-state index is 12.6. The highest BCUT2D eigenvalue weighted by molar-refractivity contribution is 6.01. The summed E-state index contributed by atoms with van der Waals surface area (Å²) in [6.07, 6.45) is 1.66. The topological polar surface area (TPSA) is 67.0 Å². The van der Waals surface area contributed by atoms with Gasteiger partial charge in [0, 0.05) is 23.6 Å². The average molecular weight is 442 g/mol. The van der Waals surface area contributed by atoms with Gasteiger partial charge in [0.2, 0.25) is 0 Å². The van der Waals surface area contributed by atoms with E-state index in [9.17, 15) is 10.1 Å². The van der Waals surface area contributed by atoms with Crippen molar-refractivity contribution in [3.8, 4) is 17.5 Å². The first-order valence-corrected chi connectivity index (χ1v) is 11.0. The highest BCUT2D eigenvalue weighted by Gasteiger charge is 2.16. The van der Waals surface area contributed by atoms with Crippen LogP contribution >= 0.6 is 0 Å². The minimum atomic E-state index is -0.396. The Morgan fingerprint density at radius 3 is 2.27 bits per heavy atom. The van der Waals surface area contributed by atoms with Gasteiger partial charge in [-0.1, -0.05) is 45.0 Å². The van der Waals surface area contributed by atoms with Crippen molar-refractivity contribution in [2.75, 3.05) is 7.11 Å². The SMILES string of the molecule is COc1ccc(CNC(=O)/C(C#N)=C\c2cc(C)n(-c3ccc(C(C)(C)C)cc3)c2C)cc1. The number of nitrogens with one attached hydrogen (secondary N) is 1. The second kappa shape index (κ2) is 9.79. The number of nitrogens with zero attached hydrogens (tertiary/aromatic N) is 2. The number of carbonyl (C=O) groups excluding carboxylic acids is 1. The second-order valence-corrected chi connectivity index (χ2v) is 9.16. The minimum absolute atomic E-state index is 0.0758. The van der Waals surface area contributed by atoms with Gasteiger partial charge in [-0.05, 0) is 72.4 Å². The molecule has 0 atom stereocenters. The molecule has 5 heteroatoms. The van der Waals surface area contributed by atoms with Crippen LogP contribution in [0, 0.1) is 25.2 Å². The number of hydrogen-bond acceptors (Lipinski definition) is 3. The zero-order chi connectivity index (χ0) is 24.2. The van der Waals surface area contributed by atoms with Crippen molar-refractivity contribution in [1.82, 2.24) is 9.88 Å². The summed E-state index contributed by atoms with van der Waals surface area (Å²) >= 11 is 0. The molecule has 0 aliphatic rings. The van der Waals surface area contributed by atoms with Crippen molar-refractivity contribution < 1.29 is 9.53 Å². The molecule has 1 N–H and O–H groups in total. The fourth-order valence-electron chi connectivity index (χ4n) is 3.77. The zero-order valence-electron chi connectivity index (χ0n) is 20.2. The van der Waals surface area contributed by atoms with Gasteiger partial charge in [-0.25, -0.2) is 0 Å². The van der Waals surface area contributed by atoms with Crippen LogP contribution in [0.25, 0.3) is 11.8 Å². The van der Waals surface area contributed by atoms with Crippen LogP contribution in [0.15, 0.2) is 60.2 Å². The van der Waals surface area contributed by atoms with E-state index in [1.54, 1.807) is 13.2 Å². The number of nitriles is 1. The third kappa shape index (κ3) is 5.53. The highest BCUT2D eigenvalue weighted by atomic mass is 16.5. The van der Waals surface area contributed by atoms with Crippen molar-refractivity contribution in [1.29, 1.82) is 5.26 Å². The molecule has 0 aliphatic carbocycles. The summed E-state index contributed by atoms with van der Waals surface area (Å²) in [5, 5.41) is 12.4. The molecule has 0 saturated heterocycles. The van der Waals surface area contributed by atoms with Crippen LogP contribution in [0.5, 0.6) is 5.75 Å². The van der Waals surface area contributed by atoms with Gasteiger partial charge in [0.25, 0.3) is 5.91 Å². The molecular weight excluding hydrogens is 410 g/mol. The summed E-state index contributed by atoms with van der Waals surface area (Å²) in [6.45, 7) is 10.9. The average Bonchev–Trinajstić information content (AvgIpc) is 3.08. The van der Waals surface area contributed by atoms with Gasteiger partial charge < -0.3 is 14.6 Å². The van der Waals surface area contributed by atoms with Crippen LogP contribution in [0.2, 0.25) is 0 Å². The number of carbonyl (C=O) groups is 1. The summed E-state index contributed by atoms with van der Waals surface area (Å²) in [4.78, 5) is 12.6. The molecule has 1 heterocycles. The smallest absolute Gasteiger partial charge is 0.262 e. The first-order valence-electron chi connectivity index (χ1n) is 11.0. The Labute approximate surface area is 196 Å². The van der Waals surface area contributed by atoms with Crippen LogP contribution in [0.3, 0.4) is 0 Å². The number of methoxy groups -OCH3 is 1. The molecule has 3 rings (SSSR count). The number of aryl methyl sites for hydroxylation is 1. The summed E-state index contributed by atoms with van der Waals surface area (Å²) in [5.74, 6) is 0.360. The molecule has 33 heavy (non-hydrogen) atoms. The van der Waals surface area contributed by atoms with Gasteiger partial charge in [0.15, 0.2) is 0 Å². The Morgan fingerprint density at radius 1 is 1.09 bits per heavy atom. The molecule has 1 aromatic heterocycles. The van der Waals surface area contributed by atoms with Gasteiger partial charge in [0.1, 0.15) is 17.4 Å². The van der Waals surface area contributed by atoms with Crippen LogP contribution in [0.4, 0.5) is 0 Å². The predicted octanol–water partition coefficient (Wildman–Crippen LogP) is 5.62. The van der Waals surface area contributed by atoms with E-state index in [2.05, 4.69) is 54.9 Å². The number of benzene rings is 2. The van der Waals surface area contributed by atoms with Crippen LogP contribution < -0.4 is 10.1 Å². The molecular formula is C28H31N3O2. The maximum Gasteiger partial charge on any atom is 0.262 e. The van der Waals surface area contributed by atoms with Crippen LogP contribution in [-0.2, 0) is 16.8 Å². The van der Waals surface area contributed by atoms with Crippen molar-refractivity contribution in [3.05, 3.63) is 88.2 Å². The molecule has 0 aliphatic heterocycles. The molecule has 0 radical (unpaired) electrons. The summed E-state index contributed by atoms with van der Waals surface area (Å²) in [7, 11) is 1.61. The standard InChI is InChI=1S/C28H31N3O2/c1-19-15-22(20(2)31(19)25-11-9-24(10-12-25)28(3,4)5)16-23(17-29)27(32)30-18-21-7-13-26(33-6)14-8-21/h7-16H,18H2,1-6H3,(H,30,32)/b23-16-. The Kier molecular flexibility index (Phi) is 7.08. The number of ether oxygens (including phenoxy) is 1. The molecule has 0 spiro atoms. The van der Waals surface area contributed by atoms with E-state index in [1.807, 2.05) is 50.2 Å². The van der Waals surface area contributed by atoms with Gasteiger partial charge in [-0.3, -0.25) is 4.79 Å². The molecule has 2 aromatic carbocycles. The second-order valence-electron chi connectivity index (χ2n) is 9.16. The zero-order valence-corrected chi connectivity index (χ0v) is 20.2. The summed E-state index contributed by atoms with van der Waals surface area (Å²) in [5.41, 5.74) is 6.29. The van der Waals surface area contributed by atoms with Crippen LogP contribution in [-0.4, -0.2) is 17.6 Å². The summed E-state index contributed by atoms with van der Waals surface area (Å²) < 4.78 is 7.29. The number of rotatable bonds is 6. The largest absolute Gasteiger partial charge is 0.497 e. The van der Waals surface area contributed by atoms with Crippen molar-refractivity contribution >= 4 is 12.0 Å². The van der Waals surface area contributed by atoms with Crippen molar-refractivity contribution in [2.45, 2.75) is 46.6 Å². The fourth-order valence-corrected chi connectivity index (χ4v) is 3.77. The maximum atomic E-state index is 12.6. The summed E-state index contributed by atoms with van der Waals surface area (Å²) in [6, 6.07) is 20.0. The number of hydrogen-bond donors (Lipinski definition) is 1. The molecule has 0 bridgehead atoms. The quantitative estimate of drug-likeness (QED) is 0.399. The van der Waals surface area contributed by atoms with Crippen LogP contribution in [0.1, 0.15) is 48.8 Å². The molecule has 5 nitrogen and oxygen atoms in total. The Morgan fingerprint density at radius 2 is 1.73 bits per heavy atom. The lowest BCUT2D eigenvalue weighted by Crippen LogP contribution is -2.23. The van der Waals surface area contributed by atoms with E-state index in [-0.39, 0.29) is 11.0 Å². The lowest BCUT2D eigenvalue weighted by molar-refractivity contribution is -0.117. The number of amides is 1. The van der Waals surface area contributed by atoms with E-state index in [0.717, 1.165) is 34.0 Å². The third-order valence-electron chi connectivity index (χ3n) is 5.74. The normalized spacial score (nSPS) is 11.7. The minimum Gasteiger partial charge on any atom is -0.497 e. The highest BCUT2D eigenvalue weighted by Crippen LogP contribution is 2.26. The van der Waals surface area contributed by atoms with E-state index in [1.165, 1.54) is 5.56 Å². The predicted molar refractivity (Wildman–Crippen MR) is 132 cm³/mol. The Hall–Kier alpha value is -3.78. The monoisotopic (exact) mass is 441 g/mol. The molecule has 0 unspecified atom stereocenters. The fraction of sp³-hybridized carbons (Fsp3) is 0.286. The van der Waals surface area contributed by atoms with Gasteiger partial charge in [-0.15, -0.1) is 0 Å². The lowest BCUT2D eigenvalue weighted by Gasteiger charge is -2.20. The van der Waals surface area contributed by atoms with Gasteiger partial charge in [-0.2, -0.15) is 5.26 Å². The third-order valence-corrected chi connectivity index (χ3v) is 5.74. The molecule has 0 fully saturated rings. The van der Waals surface area contributed by atoms with E-state index >= 15 is 0 Å². The Bertz CT molecular complexity index is 1200. The van der Waals surface area contributed by atoms with Gasteiger partial charge >= 0.3 is 0 Å². The molecule has 3 aromatic rings. The van der Waals surface area contributed by atoms with E-state index in [0.29, 0.717) is 6.54 Å². The van der Waals surface area contributed by atoms with E-state index < -0.39 is 5.91 Å². The van der Waals surface area contributed by atoms with E-state index in [4.69, 9.17) is 4.74 Å². The van der Waals surface area contributed by atoms with Gasteiger partial charge in [0.05, 0.1) is 7.11 Å². The first-order chi connectivity index (χ1) is 15.6. The van der Waals surface area contributed by atoms with Crippen molar-refractivity contribution in [2.24, 2.45) is 0 Å². The molecule has 170 valence electrons. The lowest BCUT2D eigenvalue weighted by atomic mass is 9.87. The number of aromatic nitrogens is 1. The molecule has 1 amide bonds.